The second kappa shape index (κ2) is 7.06. The predicted octanol–water partition coefficient (Wildman–Crippen LogP) is 0.696. The van der Waals surface area contributed by atoms with Crippen molar-refractivity contribution >= 4 is 22.3 Å². The van der Waals surface area contributed by atoms with Crippen LogP contribution in [0, 0.1) is 11.3 Å². The third-order valence-electron chi connectivity index (χ3n) is 2.16. The molecule has 0 atom stereocenters. The number of ether oxygens (including phenoxy) is 2. The lowest BCUT2D eigenvalue weighted by atomic mass is 10.4. The average molecular weight is 256 g/mol. The Morgan fingerprint density at radius 1 is 1.35 bits per heavy atom. The highest BCUT2D eigenvalue weighted by atomic mass is 32.1. The van der Waals surface area contributed by atoms with Crippen LogP contribution in [0.15, 0.2) is 0 Å². The topological polar surface area (TPSA) is 84.4 Å². The molecule has 94 valence electrons. The van der Waals surface area contributed by atoms with Gasteiger partial charge in [-0.05, 0) is 0 Å². The smallest absolute Gasteiger partial charge is 0.183 e. The molecule has 7 heteroatoms. The van der Waals surface area contributed by atoms with Crippen LogP contribution in [0.3, 0.4) is 0 Å². The maximum absolute atomic E-state index is 9.01. The van der Waals surface area contributed by atoms with Gasteiger partial charge in [-0.2, -0.15) is 5.26 Å². The fraction of sp³-hybridized carbons (Fsp3) is 0.600. The van der Waals surface area contributed by atoms with E-state index in [9.17, 15) is 0 Å². The summed E-state index contributed by atoms with van der Waals surface area (Å²) in [5.74, 6) is 0.615. The Morgan fingerprint density at radius 3 is 2.41 bits per heavy atom. The van der Waals surface area contributed by atoms with Crippen LogP contribution in [0.5, 0.6) is 0 Å². The van der Waals surface area contributed by atoms with E-state index in [4.69, 9.17) is 20.5 Å². The predicted molar refractivity (Wildman–Crippen MR) is 67.2 cm³/mol. The van der Waals surface area contributed by atoms with Gasteiger partial charge in [-0.15, -0.1) is 0 Å². The first kappa shape index (κ1) is 13.7. The molecule has 1 aromatic heterocycles. The van der Waals surface area contributed by atoms with Crippen LogP contribution in [-0.4, -0.2) is 45.5 Å². The number of nitrogen functional groups attached to an aromatic ring is 1. The minimum absolute atomic E-state index is 0.399. The van der Waals surface area contributed by atoms with Gasteiger partial charge in [0, 0.05) is 27.3 Å². The number of nitrogens with zero attached hydrogens (tertiary/aromatic N) is 3. The van der Waals surface area contributed by atoms with Crippen LogP contribution in [0.25, 0.3) is 0 Å². The molecule has 0 aliphatic carbocycles. The first-order chi connectivity index (χ1) is 8.22. The average Bonchev–Trinajstić information content (AvgIpc) is 2.70. The minimum atomic E-state index is 0.399. The molecule has 0 spiro atoms. The summed E-state index contributed by atoms with van der Waals surface area (Å²) >= 11 is 1.19. The molecule has 0 radical (unpaired) electrons. The minimum Gasteiger partial charge on any atom is -0.383 e. The first-order valence-electron chi connectivity index (χ1n) is 5.12. The Balaban J connectivity index is 2.82. The molecule has 0 aromatic carbocycles. The molecule has 1 rings (SSSR count). The monoisotopic (exact) mass is 256 g/mol. The SMILES string of the molecule is COCCN(CCOC)c1nc(N)sc1C#N. The molecular weight excluding hydrogens is 240 g/mol. The summed E-state index contributed by atoms with van der Waals surface area (Å²) in [5, 5.41) is 9.41. The zero-order valence-electron chi connectivity index (χ0n) is 9.97. The van der Waals surface area contributed by atoms with Crippen LogP contribution < -0.4 is 10.6 Å². The Bertz CT molecular complexity index is 380. The van der Waals surface area contributed by atoms with E-state index in [0.717, 1.165) is 0 Å². The summed E-state index contributed by atoms with van der Waals surface area (Å²) in [4.78, 5) is 6.64. The standard InChI is InChI=1S/C10H16N4O2S/c1-15-5-3-14(4-6-16-2)9-8(7-11)17-10(12)13-9/h3-6H2,1-2H3,(H2,12,13). The fourth-order valence-electron chi connectivity index (χ4n) is 1.34. The third-order valence-corrected chi connectivity index (χ3v) is 2.94. The molecule has 0 saturated heterocycles. The second-order valence-corrected chi connectivity index (χ2v) is 4.32. The number of nitrogens with two attached hydrogens (primary N) is 1. The molecule has 0 amide bonds. The van der Waals surface area contributed by atoms with Crippen LogP contribution >= 0.6 is 11.3 Å². The second-order valence-electron chi connectivity index (χ2n) is 3.29. The highest BCUT2D eigenvalue weighted by Crippen LogP contribution is 2.26. The number of methoxy groups -OCH3 is 2. The number of thiazole rings is 1. The van der Waals surface area contributed by atoms with Gasteiger partial charge in [-0.25, -0.2) is 4.98 Å². The van der Waals surface area contributed by atoms with Crippen LogP contribution in [0.1, 0.15) is 4.88 Å². The van der Waals surface area contributed by atoms with E-state index in [1.807, 2.05) is 4.90 Å². The van der Waals surface area contributed by atoms with Gasteiger partial charge in [0.1, 0.15) is 6.07 Å². The van der Waals surface area contributed by atoms with E-state index in [-0.39, 0.29) is 0 Å². The third kappa shape index (κ3) is 3.85. The van der Waals surface area contributed by atoms with Gasteiger partial charge in [0.15, 0.2) is 15.8 Å². The Labute approximate surface area is 105 Å². The molecule has 0 aliphatic rings. The van der Waals surface area contributed by atoms with Gasteiger partial charge in [0.05, 0.1) is 13.2 Å². The molecule has 0 fully saturated rings. The van der Waals surface area contributed by atoms with E-state index < -0.39 is 0 Å². The Kier molecular flexibility index (Phi) is 5.69. The summed E-state index contributed by atoms with van der Waals surface area (Å²) in [5.41, 5.74) is 5.62. The number of anilines is 2. The van der Waals surface area contributed by atoms with Crippen molar-refractivity contribution in [3.05, 3.63) is 4.88 Å². The van der Waals surface area contributed by atoms with Gasteiger partial charge in [0.2, 0.25) is 0 Å². The molecule has 6 nitrogen and oxygen atoms in total. The first-order valence-corrected chi connectivity index (χ1v) is 5.93. The molecule has 17 heavy (non-hydrogen) atoms. The molecule has 0 aliphatic heterocycles. The normalized spacial score (nSPS) is 10.2. The van der Waals surface area contributed by atoms with Gasteiger partial charge in [-0.3, -0.25) is 0 Å². The summed E-state index contributed by atoms with van der Waals surface area (Å²) in [7, 11) is 3.27. The van der Waals surface area contributed by atoms with Gasteiger partial charge in [0.25, 0.3) is 0 Å². The molecule has 2 N–H and O–H groups in total. The molecule has 0 saturated carbocycles. The molecule has 1 heterocycles. The van der Waals surface area contributed by atoms with E-state index in [0.29, 0.717) is 42.1 Å². The van der Waals surface area contributed by atoms with Gasteiger partial charge in [-0.1, -0.05) is 11.3 Å². The van der Waals surface area contributed by atoms with Crippen LogP contribution in [-0.2, 0) is 9.47 Å². The number of aromatic nitrogens is 1. The molecular formula is C10H16N4O2S. The lowest BCUT2D eigenvalue weighted by Crippen LogP contribution is -2.31. The molecule has 0 bridgehead atoms. The maximum Gasteiger partial charge on any atom is 0.183 e. The zero-order valence-corrected chi connectivity index (χ0v) is 10.8. The number of rotatable bonds is 7. The van der Waals surface area contributed by atoms with E-state index in [1.165, 1.54) is 11.3 Å². The fourth-order valence-corrected chi connectivity index (χ4v) is 1.99. The Morgan fingerprint density at radius 2 is 1.94 bits per heavy atom. The number of hydrogen-bond donors (Lipinski definition) is 1. The van der Waals surface area contributed by atoms with Crippen LogP contribution in [0.2, 0.25) is 0 Å². The van der Waals surface area contributed by atoms with E-state index >= 15 is 0 Å². The van der Waals surface area contributed by atoms with Crippen LogP contribution in [0.4, 0.5) is 10.9 Å². The number of hydrogen-bond acceptors (Lipinski definition) is 7. The van der Waals surface area contributed by atoms with Crippen molar-refractivity contribution in [2.45, 2.75) is 0 Å². The highest BCUT2D eigenvalue weighted by molar-refractivity contribution is 7.16. The number of nitriles is 1. The Hall–Kier alpha value is -1.36. The van der Waals surface area contributed by atoms with Crippen molar-refractivity contribution in [1.82, 2.24) is 4.98 Å². The zero-order chi connectivity index (χ0) is 12.7. The van der Waals surface area contributed by atoms with Crippen molar-refractivity contribution < 1.29 is 9.47 Å². The summed E-state index contributed by atoms with van der Waals surface area (Å²) in [6.07, 6.45) is 0. The largest absolute Gasteiger partial charge is 0.383 e. The lowest BCUT2D eigenvalue weighted by Gasteiger charge is -2.21. The van der Waals surface area contributed by atoms with Crippen molar-refractivity contribution in [1.29, 1.82) is 5.26 Å². The molecule has 0 unspecified atom stereocenters. The summed E-state index contributed by atoms with van der Waals surface area (Å²) in [6.45, 7) is 2.42. The van der Waals surface area contributed by atoms with E-state index in [1.54, 1.807) is 14.2 Å². The quantitative estimate of drug-likeness (QED) is 0.773. The van der Waals surface area contributed by atoms with Gasteiger partial charge < -0.3 is 20.1 Å². The van der Waals surface area contributed by atoms with Gasteiger partial charge >= 0.3 is 0 Å². The maximum atomic E-state index is 9.01. The summed E-state index contributed by atoms with van der Waals surface area (Å²) in [6, 6.07) is 2.10. The lowest BCUT2D eigenvalue weighted by molar-refractivity contribution is 0.190. The van der Waals surface area contributed by atoms with Crippen molar-refractivity contribution in [3.63, 3.8) is 0 Å². The van der Waals surface area contributed by atoms with E-state index in [2.05, 4.69) is 11.1 Å². The van der Waals surface area contributed by atoms with Crippen molar-refractivity contribution in [3.8, 4) is 6.07 Å². The van der Waals surface area contributed by atoms with Crippen molar-refractivity contribution in [2.75, 3.05) is 51.2 Å². The van der Waals surface area contributed by atoms with Crippen molar-refractivity contribution in [2.24, 2.45) is 0 Å². The highest BCUT2D eigenvalue weighted by Gasteiger charge is 2.16. The summed E-state index contributed by atoms with van der Waals surface area (Å²) < 4.78 is 10.1. The molecule has 1 aromatic rings.